The molecule has 0 aromatic heterocycles. The average molecular weight is 392 g/mol. The lowest BCUT2D eigenvalue weighted by Crippen LogP contribution is -1.97. The fraction of sp³-hybridized carbons (Fsp3) is 0.143. The van der Waals surface area contributed by atoms with Gasteiger partial charge in [0.05, 0.1) is 5.38 Å². The van der Waals surface area contributed by atoms with Gasteiger partial charge in [-0.2, -0.15) is 0 Å². The van der Waals surface area contributed by atoms with Crippen LogP contribution in [0.4, 0.5) is 4.39 Å². The molecule has 0 bridgehead atoms. The smallest absolute Gasteiger partial charge is 0.124 e. The van der Waals surface area contributed by atoms with Crippen LogP contribution in [0.1, 0.15) is 16.5 Å². The summed E-state index contributed by atoms with van der Waals surface area (Å²) in [5, 5.41) is -0.179. The van der Waals surface area contributed by atoms with Crippen molar-refractivity contribution in [2.45, 2.75) is 11.8 Å². The monoisotopic (exact) mass is 390 g/mol. The van der Waals surface area contributed by atoms with E-state index in [1.165, 1.54) is 12.1 Å². The van der Waals surface area contributed by atoms with E-state index in [2.05, 4.69) is 31.9 Å². The highest BCUT2D eigenvalue weighted by molar-refractivity contribution is 9.10. The van der Waals surface area contributed by atoms with Gasteiger partial charge in [-0.1, -0.05) is 50.1 Å². The molecule has 0 N–H and O–H groups in total. The van der Waals surface area contributed by atoms with E-state index >= 15 is 0 Å². The van der Waals surface area contributed by atoms with E-state index in [0.29, 0.717) is 10.9 Å². The Labute approximate surface area is 127 Å². The van der Waals surface area contributed by atoms with Gasteiger partial charge >= 0.3 is 0 Å². The van der Waals surface area contributed by atoms with E-state index in [4.69, 9.17) is 11.6 Å². The second-order valence-corrected chi connectivity index (χ2v) is 6.26. The highest BCUT2D eigenvalue weighted by atomic mass is 79.9. The van der Waals surface area contributed by atoms with Gasteiger partial charge in [0.15, 0.2) is 0 Å². The van der Waals surface area contributed by atoms with Gasteiger partial charge in [-0.15, -0.1) is 11.6 Å². The number of hydrogen-bond donors (Lipinski definition) is 0. The van der Waals surface area contributed by atoms with Gasteiger partial charge in [-0.25, -0.2) is 4.39 Å². The van der Waals surface area contributed by atoms with Gasteiger partial charge in [0, 0.05) is 8.95 Å². The molecule has 0 spiro atoms. The summed E-state index contributed by atoms with van der Waals surface area (Å²) in [4.78, 5) is 0. The van der Waals surface area contributed by atoms with E-state index in [1.807, 2.05) is 24.3 Å². The minimum atomic E-state index is -0.266. The van der Waals surface area contributed by atoms with Crippen molar-refractivity contribution in [3.05, 3.63) is 68.4 Å². The number of hydrogen-bond acceptors (Lipinski definition) is 0. The lowest BCUT2D eigenvalue weighted by molar-refractivity contribution is 0.625. The SMILES string of the molecule is Fc1ccc(C(Cl)Cc2ccc(Br)cc2)c(Br)c1. The second kappa shape index (κ2) is 6.18. The Kier molecular flexibility index (Phi) is 4.82. The third kappa shape index (κ3) is 3.56. The normalized spacial score (nSPS) is 12.4. The van der Waals surface area contributed by atoms with Crippen LogP contribution in [0, 0.1) is 5.82 Å². The van der Waals surface area contributed by atoms with Crippen LogP contribution in [-0.4, -0.2) is 0 Å². The molecule has 0 saturated carbocycles. The van der Waals surface area contributed by atoms with Crippen molar-refractivity contribution >= 4 is 43.5 Å². The van der Waals surface area contributed by atoms with E-state index in [9.17, 15) is 4.39 Å². The van der Waals surface area contributed by atoms with Crippen molar-refractivity contribution < 1.29 is 4.39 Å². The van der Waals surface area contributed by atoms with Gasteiger partial charge in [0.1, 0.15) is 5.82 Å². The molecule has 0 radical (unpaired) electrons. The molecule has 2 rings (SSSR count). The zero-order valence-corrected chi connectivity index (χ0v) is 13.3. The molecule has 94 valence electrons. The lowest BCUT2D eigenvalue weighted by Gasteiger charge is -2.12. The van der Waals surface area contributed by atoms with Crippen molar-refractivity contribution in [3.8, 4) is 0 Å². The summed E-state index contributed by atoms with van der Waals surface area (Å²) >= 11 is 13.1. The third-order valence-corrected chi connectivity index (χ3v) is 4.23. The molecular formula is C14H10Br2ClF. The van der Waals surface area contributed by atoms with Crippen LogP contribution >= 0.6 is 43.5 Å². The second-order valence-electron chi connectivity index (χ2n) is 3.96. The molecule has 0 aliphatic rings. The van der Waals surface area contributed by atoms with Gasteiger partial charge in [-0.05, 0) is 41.8 Å². The van der Waals surface area contributed by atoms with E-state index < -0.39 is 0 Å². The molecule has 0 amide bonds. The lowest BCUT2D eigenvalue weighted by atomic mass is 10.0. The van der Waals surface area contributed by atoms with Gasteiger partial charge < -0.3 is 0 Å². The first-order valence-corrected chi connectivity index (χ1v) is 7.42. The van der Waals surface area contributed by atoms with Crippen LogP contribution in [-0.2, 0) is 6.42 Å². The van der Waals surface area contributed by atoms with E-state index in [-0.39, 0.29) is 11.2 Å². The molecule has 0 aliphatic carbocycles. The van der Waals surface area contributed by atoms with Crippen molar-refractivity contribution in [1.29, 1.82) is 0 Å². The van der Waals surface area contributed by atoms with Crippen LogP contribution in [0.2, 0.25) is 0 Å². The maximum atomic E-state index is 13.0. The Morgan fingerprint density at radius 1 is 1.06 bits per heavy atom. The summed E-state index contributed by atoms with van der Waals surface area (Å²) in [6, 6.07) is 12.6. The highest BCUT2D eigenvalue weighted by Gasteiger charge is 2.13. The molecule has 0 nitrogen and oxygen atoms in total. The average Bonchev–Trinajstić information content (AvgIpc) is 2.32. The summed E-state index contributed by atoms with van der Waals surface area (Å²) < 4.78 is 14.8. The molecular weight excluding hydrogens is 382 g/mol. The first-order chi connectivity index (χ1) is 8.56. The molecule has 0 saturated heterocycles. The van der Waals surface area contributed by atoms with E-state index in [1.54, 1.807) is 6.07 Å². The number of halogens is 4. The van der Waals surface area contributed by atoms with Crippen molar-refractivity contribution in [2.24, 2.45) is 0 Å². The summed E-state index contributed by atoms with van der Waals surface area (Å²) in [6.07, 6.45) is 0.707. The maximum absolute atomic E-state index is 13.0. The van der Waals surface area contributed by atoms with E-state index in [0.717, 1.165) is 15.6 Å². The van der Waals surface area contributed by atoms with Crippen LogP contribution in [0.5, 0.6) is 0 Å². The Balaban J connectivity index is 2.16. The molecule has 2 aromatic carbocycles. The Morgan fingerprint density at radius 2 is 1.72 bits per heavy atom. The Bertz CT molecular complexity index is 540. The summed E-state index contributed by atoms with van der Waals surface area (Å²) in [7, 11) is 0. The van der Waals surface area contributed by atoms with Crippen LogP contribution in [0.3, 0.4) is 0 Å². The number of benzene rings is 2. The minimum Gasteiger partial charge on any atom is -0.207 e. The van der Waals surface area contributed by atoms with Crippen molar-refractivity contribution in [1.82, 2.24) is 0 Å². The predicted octanol–water partition coefficient (Wildman–Crippen LogP) is 5.87. The summed E-state index contributed by atoms with van der Waals surface area (Å²) in [5.74, 6) is -0.266. The molecule has 1 atom stereocenters. The first kappa shape index (κ1) is 14.0. The Morgan fingerprint density at radius 3 is 2.33 bits per heavy atom. The predicted molar refractivity (Wildman–Crippen MR) is 80.5 cm³/mol. The van der Waals surface area contributed by atoms with Crippen LogP contribution in [0.25, 0.3) is 0 Å². The number of rotatable bonds is 3. The van der Waals surface area contributed by atoms with Gasteiger partial charge in [0.2, 0.25) is 0 Å². The molecule has 0 heterocycles. The summed E-state index contributed by atoms with van der Waals surface area (Å²) in [5.41, 5.74) is 2.05. The minimum absolute atomic E-state index is 0.179. The molecule has 4 heteroatoms. The maximum Gasteiger partial charge on any atom is 0.124 e. The first-order valence-electron chi connectivity index (χ1n) is 5.40. The van der Waals surface area contributed by atoms with Gasteiger partial charge in [-0.3, -0.25) is 0 Å². The zero-order chi connectivity index (χ0) is 13.1. The van der Waals surface area contributed by atoms with Crippen molar-refractivity contribution in [3.63, 3.8) is 0 Å². The molecule has 0 aliphatic heterocycles. The zero-order valence-electron chi connectivity index (χ0n) is 9.34. The highest BCUT2D eigenvalue weighted by Crippen LogP contribution is 2.31. The summed E-state index contributed by atoms with van der Waals surface area (Å²) in [6.45, 7) is 0. The Hall–Kier alpha value is -0.380. The topological polar surface area (TPSA) is 0 Å². The van der Waals surface area contributed by atoms with Crippen LogP contribution in [0.15, 0.2) is 51.4 Å². The molecule has 2 aromatic rings. The molecule has 1 unspecified atom stereocenters. The molecule has 0 fully saturated rings. The third-order valence-electron chi connectivity index (χ3n) is 2.63. The largest absolute Gasteiger partial charge is 0.207 e. The fourth-order valence-electron chi connectivity index (χ4n) is 1.69. The number of alkyl halides is 1. The quantitative estimate of drug-likeness (QED) is 0.573. The standard InChI is InChI=1S/C14H10Br2ClF/c15-10-3-1-9(2-4-10)7-14(17)12-6-5-11(18)8-13(12)16/h1-6,8,14H,7H2. The molecule has 18 heavy (non-hydrogen) atoms. The van der Waals surface area contributed by atoms with Gasteiger partial charge in [0.25, 0.3) is 0 Å². The van der Waals surface area contributed by atoms with Crippen LogP contribution < -0.4 is 0 Å². The van der Waals surface area contributed by atoms with Crippen molar-refractivity contribution in [2.75, 3.05) is 0 Å². The fourth-order valence-corrected chi connectivity index (χ4v) is 3.08.